The summed E-state index contributed by atoms with van der Waals surface area (Å²) in [6.07, 6.45) is 1.46. The van der Waals surface area contributed by atoms with E-state index in [4.69, 9.17) is 9.47 Å². The number of ether oxygens (including phenoxy) is 2. The molecule has 9 heteroatoms. The molecule has 0 atom stereocenters. The summed E-state index contributed by atoms with van der Waals surface area (Å²) < 4.78 is 40.1. The van der Waals surface area contributed by atoms with E-state index in [9.17, 15) is 13.2 Å². The molecule has 2 aliphatic heterocycles. The molecule has 0 aliphatic carbocycles. The molecule has 2 heterocycles. The van der Waals surface area contributed by atoms with E-state index in [0.717, 1.165) is 10.2 Å². The lowest BCUT2D eigenvalue weighted by Gasteiger charge is -2.41. The molecule has 1 amide bonds. The van der Waals surface area contributed by atoms with E-state index in [-0.39, 0.29) is 10.8 Å². The molecule has 7 nitrogen and oxygen atoms in total. The average molecular weight is 537 g/mol. The highest BCUT2D eigenvalue weighted by Crippen LogP contribution is 2.38. The first-order chi connectivity index (χ1) is 15.9. The van der Waals surface area contributed by atoms with Gasteiger partial charge in [0.05, 0.1) is 24.7 Å². The van der Waals surface area contributed by atoms with Crippen LogP contribution in [0, 0.1) is 5.41 Å². The van der Waals surface area contributed by atoms with Crippen molar-refractivity contribution in [2.24, 2.45) is 5.41 Å². The molecule has 2 aromatic rings. The highest BCUT2D eigenvalue weighted by Gasteiger charge is 2.41. The summed E-state index contributed by atoms with van der Waals surface area (Å²) in [6, 6.07) is 16.2. The molecule has 0 saturated carbocycles. The van der Waals surface area contributed by atoms with Gasteiger partial charge in [-0.2, -0.15) is 4.31 Å². The van der Waals surface area contributed by atoms with E-state index in [0.29, 0.717) is 65.3 Å². The molecule has 4 rings (SSSR count). The molecule has 0 N–H and O–H groups in total. The number of rotatable bonds is 7. The second-order valence-electron chi connectivity index (χ2n) is 8.63. The van der Waals surface area contributed by atoms with Gasteiger partial charge in [-0.15, -0.1) is 0 Å². The van der Waals surface area contributed by atoms with Crippen LogP contribution in [-0.4, -0.2) is 69.5 Å². The maximum Gasteiger partial charge on any atom is 0.243 e. The zero-order chi connectivity index (χ0) is 23.3. The summed E-state index contributed by atoms with van der Waals surface area (Å²) in [7, 11) is -3.59. The van der Waals surface area contributed by atoms with Crippen LogP contribution in [0.4, 0.5) is 0 Å². The Morgan fingerprint density at radius 2 is 1.61 bits per heavy atom. The molecule has 2 aromatic carbocycles. The van der Waals surface area contributed by atoms with Crippen molar-refractivity contribution in [3.05, 3.63) is 59.1 Å². The number of nitrogens with zero attached hydrogens (tertiary/aromatic N) is 2. The van der Waals surface area contributed by atoms with Crippen molar-refractivity contribution >= 4 is 31.9 Å². The summed E-state index contributed by atoms with van der Waals surface area (Å²) in [6.45, 7) is 3.38. The summed E-state index contributed by atoms with van der Waals surface area (Å²) >= 11 is 3.35. The largest absolute Gasteiger partial charge is 0.493 e. The van der Waals surface area contributed by atoms with Gasteiger partial charge >= 0.3 is 0 Å². The van der Waals surface area contributed by atoms with Gasteiger partial charge in [-0.3, -0.25) is 4.79 Å². The highest BCUT2D eigenvalue weighted by molar-refractivity contribution is 9.10. The summed E-state index contributed by atoms with van der Waals surface area (Å²) in [5, 5.41) is 0. The average Bonchev–Trinajstić information content (AvgIpc) is 2.85. The summed E-state index contributed by atoms with van der Waals surface area (Å²) in [5.74, 6) is 0.833. The lowest BCUT2D eigenvalue weighted by molar-refractivity contribution is -0.139. The van der Waals surface area contributed by atoms with Crippen LogP contribution in [0.1, 0.15) is 19.3 Å². The Hall–Kier alpha value is -1.94. The Kier molecular flexibility index (Phi) is 7.73. The SMILES string of the molecule is O=C(CC1(COc2ccccc2)CCN(S(=O)(=O)c2ccc(Br)cc2)CC1)N1CCOCC1. The topological polar surface area (TPSA) is 76.2 Å². The number of morpholine rings is 1. The van der Waals surface area contributed by atoms with Crippen LogP contribution in [0.3, 0.4) is 0 Å². The monoisotopic (exact) mass is 536 g/mol. The number of carbonyl (C=O) groups is 1. The Morgan fingerprint density at radius 1 is 0.970 bits per heavy atom. The van der Waals surface area contributed by atoms with Gasteiger partial charge in [0.15, 0.2) is 0 Å². The van der Waals surface area contributed by atoms with Crippen molar-refractivity contribution in [1.29, 1.82) is 0 Å². The molecule has 0 aromatic heterocycles. The molecule has 178 valence electrons. The quantitative estimate of drug-likeness (QED) is 0.540. The highest BCUT2D eigenvalue weighted by atomic mass is 79.9. The van der Waals surface area contributed by atoms with Crippen LogP contribution in [0.25, 0.3) is 0 Å². The van der Waals surface area contributed by atoms with Crippen LogP contribution >= 0.6 is 15.9 Å². The first-order valence-corrected chi connectivity index (χ1v) is 13.4. The fraction of sp³-hybridized carbons (Fsp3) is 0.458. The zero-order valence-electron chi connectivity index (χ0n) is 18.5. The molecule has 2 aliphatic rings. The normalized spacial score (nSPS) is 19.2. The minimum absolute atomic E-state index is 0.0826. The molecule has 33 heavy (non-hydrogen) atoms. The third-order valence-corrected chi connectivity index (χ3v) is 8.85. The minimum Gasteiger partial charge on any atom is -0.493 e. The smallest absolute Gasteiger partial charge is 0.243 e. The molecule has 0 spiro atoms. The maximum absolute atomic E-state index is 13.1. The van der Waals surface area contributed by atoms with Gasteiger partial charge in [-0.05, 0) is 49.2 Å². The maximum atomic E-state index is 13.1. The predicted molar refractivity (Wildman–Crippen MR) is 129 cm³/mol. The van der Waals surface area contributed by atoms with Gasteiger partial charge in [0.2, 0.25) is 15.9 Å². The van der Waals surface area contributed by atoms with E-state index in [1.807, 2.05) is 35.2 Å². The molecule has 0 bridgehead atoms. The fourth-order valence-electron chi connectivity index (χ4n) is 4.33. The van der Waals surface area contributed by atoms with Gasteiger partial charge in [-0.25, -0.2) is 8.42 Å². The lowest BCUT2D eigenvalue weighted by atomic mass is 9.76. The summed E-state index contributed by atoms with van der Waals surface area (Å²) in [5.41, 5.74) is -0.420. The van der Waals surface area contributed by atoms with Crippen molar-refractivity contribution in [3.8, 4) is 5.75 Å². The van der Waals surface area contributed by atoms with Crippen molar-refractivity contribution in [2.45, 2.75) is 24.2 Å². The Bertz CT molecular complexity index is 1030. The lowest BCUT2D eigenvalue weighted by Crippen LogP contribution is -2.49. The second-order valence-corrected chi connectivity index (χ2v) is 11.5. The number of amides is 1. The molecule has 0 radical (unpaired) electrons. The van der Waals surface area contributed by atoms with Crippen LogP contribution < -0.4 is 4.74 Å². The molecule has 2 fully saturated rings. The van der Waals surface area contributed by atoms with Gasteiger partial charge in [0, 0.05) is 42.5 Å². The van der Waals surface area contributed by atoms with Crippen LogP contribution in [0.2, 0.25) is 0 Å². The van der Waals surface area contributed by atoms with Gasteiger partial charge in [0.1, 0.15) is 5.75 Å². The van der Waals surface area contributed by atoms with Crippen molar-refractivity contribution < 1.29 is 22.7 Å². The number of para-hydroxylation sites is 1. The van der Waals surface area contributed by atoms with E-state index in [2.05, 4.69) is 15.9 Å². The second kappa shape index (κ2) is 10.5. The Morgan fingerprint density at radius 3 is 2.24 bits per heavy atom. The fourth-order valence-corrected chi connectivity index (χ4v) is 6.03. The van der Waals surface area contributed by atoms with Crippen molar-refractivity contribution in [2.75, 3.05) is 46.0 Å². The first-order valence-electron chi connectivity index (χ1n) is 11.2. The van der Waals surface area contributed by atoms with Crippen molar-refractivity contribution in [3.63, 3.8) is 0 Å². The van der Waals surface area contributed by atoms with E-state index in [1.165, 1.54) is 4.31 Å². The molecular weight excluding hydrogens is 508 g/mol. The zero-order valence-corrected chi connectivity index (χ0v) is 20.9. The Labute approximate surface area is 203 Å². The first kappa shape index (κ1) is 24.2. The molecular formula is C24H29BrN2O5S. The Balaban J connectivity index is 1.48. The number of hydrogen-bond acceptors (Lipinski definition) is 5. The predicted octanol–water partition coefficient (Wildman–Crippen LogP) is 3.55. The van der Waals surface area contributed by atoms with Crippen LogP contribution in [-0.2, 0) is 19.6 Å². The third-order valence-electron chi connectivity index (χ3n) is 6.41. The van der Waals surface area contributed by atoms with E-state index < -0.39 is 15.4 Å². The van der Waals surface area contributed by atoms with Gasteiger partial charge in [-0.1, -0.05) is 34.1 Å². The standard InChI is InChI=1S/C24H29BrN2O5S/c25-20-6-8-22(9-7-20)33(29,30)27-12-10-24(11-13-27,19-32-21-4-2-1-3-5-21)18-23(28)26-14-16-31-17-15-26/h1-9H,10-19H2. The van der Waals surface area contributed by atoms with Crippen molar-refractivity contribution in [1.82, 2.24) is 9.21 Å². The van der Waals surface area contributed by atoms with Gasteiger partial charge < -0.3 is 14.4 Å². The summed E-state index contributed by atoms with van der Waals surface area (Å²) in [4.78, 5) is 15.2. The van der Waals surface area contributed by atoms with E-state index >= 15 is 0 Å². The number of benzene rings is 2. The molecule has 2 saturated heterocycles. The van der Waals surface area contributed by atoms with Gasteiger partial charge in [0.25, 0.3) is 0 Å². The van der Waals surface area contributed by atoms with Crippen LogP contribution in [0.15, 0.2) is 64.0 Å². The van der Waals surface area contributed by atoms with Crippen LogP contribution in [0.5, 0.6) is 5.75 Å². The number of piperidine rings is 1. The number of carbonyl (C=O) groups excluding carboxylic acids is 1. The number of halogens is 1. The number of sulfonamides is 1. The third kappa shape index (κ3) is 5.95. The van der Waals surface area contributed by atoms with E-state index in [1.54, 1.807) is 24.3 Å². The molecule has 0 unspecified atom stereocenters. The minimum atomic E-state index is -3.59. The number of hydrogen-bond donors (Lipinski definition) is 0.